The summed E-state index contributed by atoms with van der Waals surface area (Å²) in [5, 5.41) is 3.02. The third-order valence-electron chi connectivity index (χ3n) is 4.13. The maximum atomic E-state index is 12.8. The maximum absolute atomic E-state index is 12.8. The van der Waals surface area contributed by atoms with Gasteiger partial charge in [-0.1, -0.05) is 52.8 Å². The molecule has 0 unspecified atom stereocenters. The predicted octanol–water partition coefficient (Wildman–Crippen LogP) is 4.65. The molecule has 5 nitrogen and oxygen atoms in total. The number of carbonyl (C=O) groups is 1. The Balaban J connectivity index is 2.25. The smallest absolute Gasteiger partial charge is 0.274 e. The van der Waals surface area contributed by atoms with Gasteiger partial charge in [-0.05, 0) is 36.0 Å². The molecule has 0 saturated heterocycles. The summed E-state index contributed by atoms with van der Waals surface area (Å²) in [5.74, 6) is 0.406. The Morgan fingerprint density at radius 2 is 1.73 bits per heavy atom. The summed E-state index contributed by atoms with van der Waals surface area (Å²) in [7, 11) is 0. The number of amides is 1. The summed E-state index contributed by atoms with van der Waals surface area (Å²) in [6.45, 7) is 12.4. The number of benzene rings is 1. The first kappa shape index (κ1) is 19.9. The van der Waals surface area contributed by atoms with Crippen molar-refractivity contribution in [3.05, 3.63) is 47.8 Å². The Hall–Kier alpha value is -2.43. The van der Waals surface area contributed by atoms with Crippen LogP contribution in [0.2, 0.25) is 0 Å². The zero-order chi connectivity index (χ0) is 19.2. The van der Waals surface area contributed by atoms with Crippen LogP contribution in [0.25, 0.3) is 0 Å². The zero-order valence-electron chi connectivity index (χ0n) is 16.5. The van der Waals surface area contributed by atoms with Crippen LogP contribution in [-0.2, 0) is 5.41 Å². The van der Waals surface area contributed by atoms with Crippen LogP contribution in [0.4, 0.5) is 11.6 Å². The van der Waals surface area contributed by atoms with E-state index in [1.54, 1.807) is 12.3 Å². The van der Waals surface area contributed by atoms with Gasteiger partial charge >= 0.3 is 0 Å². The lowest BCUT2D eigenvalue weighted by atomic mass is 9.86. The second-order valence-electron chi connectivity index (χ2n) is 7.48. The number of anilines is 2. The van der Waals surface area contributed by atoms with E-state index in [-0.39, 0.29) is 11.3 Å². The van der Waals surface area contributed by atoms with E-state index in [0.717, 1.165) is 37.2 Å². The number of rotatable bonds is 7. The van der Waals surface area contributed by atoms with Gasteiger partial charge < -0.3 is 10.2 Å². The highest BCUT2D eigenvalue weighted by atomic mass is 16.1. The van der Waals surface area contributed by atoms with E-state index in [1.165, 1.54) is 0 Å². The van der Waals surface area contributed by atoms with Crippen LogP contribution in [0.1, 0.15) is 63.5 Å². The minimum absolute atomic E-state index is 0.0558. The second kappa shape index (κ2) is 8.79. The topological polar surface area (TPSA) is 58.1 Å². The van der Waals surface area contributed by atoms with Crippen molar-refractivity contribution < 1.29 is 4.79 Å². The van der Waals surface area contributed by atoms with Crippen LogP contribution in [0, 0.1) is 0 Å². The third kappa shape index (κ3) is 5.04. The molecule has 1 aromatic heterocycles. The van der Waals surface area contributed by atoms with Gasteiger partial charge in [0.05, 0.1) is 0 Å². The van der Waals surface area contributed by atoms with Crippen LogP contribution in [0.5, 0.6) is 0 Å². The molecule has 0 radical (unpaired) electrons. The SMILES string of the molecule is CCCN(CCC)c1nccc(C(=O)Nc2ccccc2C(C)(C)C)n1. The summed E-state index contributed by atoms with van der Waals surface area (Å²) in [6.07, 6.45) is 3.68. The second-order valence-corrected chi connectivity index (χ2v) is 7.48. The zero-order valence-corrected chi connectivity index (χ0v) is 16.5. The molecule has 0 atom stereocenters. The van der Waals surface area contributed by atoms with Gasteiger partial charge in [0.1, 0.15) is 5.69 Å². The van der Waals surface area contributed by atoms with Gasteiger partial charge in [-0.25, -0.2) is 9.97 Å². The average molecular weight is 354 g/mol. The van der Waals surface area contributed by atoms with Crippen LogP contribution >= 0.6 is 0 Å². The Labute approximate surface area is 156 Å². The monoisotopic (exact) mass is 354 g/mol. The van der Waals surface area contributed by atoms with E-state index in [4.69, 9.17) is 0 Å². The van der Waals surface area contributed by atoms with Crippen molar-refractivity contribution in [3.63, 3.8) is 0 Å². The molecule has 2 aromatic rings. The quantitative estimate of drug-likeness (QED) is 0.786. The molecular weight excluding hydrogens is 324 g/mol. The largest absolute Gasteiger partial charge is 0.341 e. The molecular formula is C21H30N4O. The van der Waals surface area contributed by atoms with Crippen LogP contribution in [-0.4, -0.2) is 29.0 Å². The summed E-state index contributed by atoms with van der Waals surface area (Å²) < 4.78 is 0. The van der Waals surface area contributed by atoms with E-state index in [2.05, 4.69) is 54.8 Å². The third-order valence-corrected chi connectivity index (χ3v) is 4.13. The maximum Gasteiger partial charge on any atom is 0.274 e. The molecule has 0 fully saturated rings. The summed E-state index contributed by atoms with van der Waals surface area (Å²) >= 11 is 0. The van der Waals surface area contributed by atoms with Crippen molar-refractivity contribution in [1.82, 2.24) is 9.97 Å². The standard InChI is InChI=1S/C21H30N4O/c1-6-14-25(15-7-2)20-22-13-12-18(24-20)19(26)23-17-11-9-8-10-16(17)21(3,4)5/h8-13H,6-7,14-15H2,1-5H3,(H,23,26). The Bertz CT molecular complexity index is 731. The fourth-order valence-electron chi connectivity index (χ4n) is 2.91. The average Bonchev–Trinajstić information content (AvgIpc) is 2.61. The van der Waals surface area contributed by atoms with Crippen LogP contribution in [0.3, 0.4) is 0 Å². The number of nitrogens with zero attached hydrogens (tertiary/aromatic N) is 3. The summed E-state index contributed by atoms with van der Waals surface area (Å²) in [4.78, 5) is 23.7. The van der Waals surface area contributed by atoms with E-state index in [0.29, 0.717) is 11.6 Å². The minimum atomic E-state index is -0.210. The van der Waals surface area contributed by atoms with E-state index in [9.17, 15) is 4.79 Å². The Morgan fingerprint density at radius 1 is 1.08 bits per heavy atom. The predicted molar refractivity (Wildman–Crippen MR) is 108 cm³/mol. The van der Waals surface area contributed by atoms with Crippen molar-refractivity contribution in [2.45, 2.75) is 52.9 Å². The number of para-hydroxylation sites is 1. The van der Waals surface area contributed by atoms with Crippen molar-refractivity contribution in [2.75, 3.05) is 23.3 Å². The summed E-state index contributed by atoms with van der Waals surface area (Å²) in [5.41, 5.74) is 2.25. The van der Waals surface area contributed by atoms with Gasteiger partial charge in [0.2, 0.25) is 5.95 Å². The number of hydrogen-bond acceptors (Lipinski definition) is 4. The van der Waals surface area contributed by atoms with Gasteiger partial charge in [0, 0.05) is 25.0 Å². The lowest BCUT2D eigenvalue weighted by molar-refractivity contribution is 0.102. The Morgan fingerprint density at radius 3 is 2.35 bits per heavy atom. The van der Waals surface area contributed by atoms with Gasteiger partial charge in [-0.2, -0.15) is 0 Å². The van der Waals surface area contributed by atoms with Gasteiger partial charge in [0.25, 0.3) is 5.91 Å². The molecule has 26 heavy (non-hydrogen) atoms. The fraction of sp³-hybridized carbons (Fsp3) is 0.476. The summed E-state index contributed by atoms with van der Waals surface area (Å²) in [6, 6.07) is 9.56. The van der Waals surface area contributed by atoms with E-state index in [1.807, 2.05) is 24.3 Å². The molecule has 0 bridgehead atoms. The van der Waals surface area contributed by atoms with E-state index < -0.39 is 0 Å². The molecule has 0 spiro atoms. The number of hydrogen-bond donors (Lipinski definition) is 1. The fourth-order valence-corrected chi connectivity index (χ4v) is 2.91. The highest BCUT2D eigenvalue weighted by Gasteiger charge is 2.20. The van der Waals surface area contributed by atoms with E-state index >= 15 is 0 Å². The first-order valence-corrected chi connectivity index (χ1v) is 9.35. The first-order chi connectivity index (χ1) is 12.4. The van der Waals surface area contributed by atoms with Crippen molar-refractivity contribution in [3.8, 4) is 0 Å². The number of carbonyl (C=O) groups excluding carboxylic acids is 1. The molecule has 1 heterocycles. The molecule has 140 valence electrons. The lowest BCUT2D eigenvalue weighted by Crippen LogP contribution is -2.28. The minimum Gasteiger partial charge on any atom is -0.341 e. The van der Waals surface area contributed by atoms with Gasteiger partial charge in [0.15, 0.2) is 0 Å². The highest BCUT2D eigenvalue weighted by molar-refractivity contribution is 6.03. The van der Waals surface area contributed by atoms with Gasteiger partial charge in [-0.15, -0.1) is 0 Å². The molecule has 0 aliphatic carbocycles. The lowest BCUT2D eigenvalue weighted by Gasteiger charge is -2.23. The first-order valence-electron chi connectivity index (χ1n) is 9.35. The van der Waals surface area contributed by atoms with Gasteiger partial charge in [-0.3, -0.25) is 4.79 Å². The van der Waals surface area contributed by atoms with Crippen molar-refractivity contribution in [1.29, 1.82) is 0 Å². The molecule has 0 saturated carbocycles. The van der Waals surface area contributed by atoms with Crippen LogP contribution < -0.4 is 10.2 Å². The van der Waals surface area contributed by atoms with Crippen LogP contribution in [0.15, 0.2) is 36.5 Å². The molecule has 0 aliphatic rings. The molecule has 1 amide bonds. The highest BCUT2D eigenvalue weighted by Crippen LogP contribution is 2.29. The van der Waals surface area contributed by atoms with Crippen molar-refractivity contribution >= 4 is 17.5 Å². The normalized spacial score (nSPS) is 11.3. The molecule has 1 aromatic carbocycles. The molecule has 0 aliphatic heterocycles. The molecule has 5 heteroatoms. The van der Waals surface area contributed by atoms with Crippen molar-refractivity contribution in [2.24, 2.45) is 0 Å². The Kier molecular flexibility index (Phi) is 6.72. The number of nitrogens with one attached hydrogen (secondary N) is 1. The number of aromatic nitrogens is 2. The molecule has 1 N–H and O–H groups in total. The molecule has 2 rings (SSSR count).